The third-order valence-electron chi connectivity index (χ3n) is 0.829. The third kappa shape index (κ3) is 3.40. The molecule has 2 heteroatoms. The molecular formula is C6H7Mn2-. The molecule has 0 atom stereocenters. The Balaban J connectivity index is 0. The first-order chi connectivity index (χ1) is 2.89. The SMILES string of the molecule is C[c-]1cccc1.[Mn].[Mn]. The number of rotatable bonds is 0. The van der Waals surface area contributed by atoms with Crippen molar-refractivity contribution in [3.8, 4) is 0 Å². The summed E-state index contributed by atoms with van der Waals surface area (Å²) in [7, 11) is 0. The van der Waals surface area contributed by atoms with E-state index in [-0.39, 0.29) is 34.1 Å². The zero-order valence-electron chi connectivity index (χ0n) is 4.57. The van der Waals surface area contributed by atoms with Crippen molar-refractivity contribution in [3.63, 3.8) is 0 Å². The Bertz CT molecular complexity index is 110. The Kier molecular flexibility index (Phi) is 7.75. The molecule has 0 nitrogen and oxygen atoms in total. The number of aryl methyl sites for hydroxylation is 1. The van der Waals surface area contributed by atoms with E-state index in [0.717, 1.165) is 0 Å². The van der Waals surface area contributed by atoms with Gasteiger partial charge < -0.3 is 0 Å². The second-order valence-electron chi connectivity index (χ2n) is 1.46. The molecule has 8 heavy (non-hydrogen) atoms. The molecule has 0 N–H and O–H groups in total. The summed E-state index contributed by atoms with van der Waals surface area (Å²) in [5.41, 5.74) is 1.34. The Morgan fingerprint density at radius 1 is 1.00 bits per heavy atom. The second kappa shape index (κ2) is 5.52. The minimum atomic E-state index is 0. The Labute approximate surface area is 71.0 Å². The van der Waals surface area contributed by atoms with E-state index in [9.17, 15) is 0 Å². The number of hydrogen-bond acceptors (Lipinski definition) is 0. The van der Waals surface area contributed by atoms with Gasteiger partial charge in [0.05, 0.1) is 0 Å². The van der Waals surface area contributed by atoms with Crippen molar-refractivity contribution < 1.29 is 34.1 Å². The van der Waals surface area contributed by atoms with Crippen molar-refractivity contribution in [3.05, 3.63) is 29.8 Å². The van der Waals surface area contributed by atoms with Crippen molar-refractivity contribution in [1.29, 1.82) is 0 Å². The van der Waals surface area contributed by atoms with Crippen LogP contribution in [0.2, 0.25) is 0 Å². The Hall–Kier alpha value is 0.389. The monoisotopic (exact) mass is 189 g/mol. The van der Waals surface area contributed by atoms with E-state index in [1.165, 1.54) is 5.56 Å². The van der Waals surface area contributed by atoms with Crippen LogP contribution in [0.25, 0.3) is 0 Å². The van der Waals surface area contributed by atoms with Crippen LogP contribution in [0.4, 0.5) is 0 Å². The van der Waals surface area contributed by atoms with Gasteiger partial charge in [0.15, 0.2) is 0 Å². The molecule has 0 saturated carbocycles. The van der Waals surface area contributed by atoms with Gasteiger partial charge in [-0.3, -0.25) is 0 Å². The molecule has 0 aliphatic heterocycles. The van der Waals surface area contributed by atoms with E-state index < -0.39 is 0 Å². The standard InChI is InChI=1S/C6H7.2Mn/c1-6-4-2-3-5-6;;/h2-5H,1H3;;/q-1;;. The molecule has 2 radical (unpaired) electrons. The summed E-state index contributed by atoms with van der Waals surface area (Å²) in [6.07, 6.45) is 0. The molecule has 1 rings (SSSR count). The van der Waals surface area contributed by atoms with Gasteiger partial charge in [0.1, 0.15) is 0 Å². The van der Waals surface area contributed by atoms with Crippen molar-refractivity contribution in [1.82, 2.24) is 0 Å². The first-order valence-electron chi connectivity index (χ1n) is 2.08. The van der Waals surface area contributed by atoms with Gasteiger partial charge in [-0.1, -0.05) is 6.92 Å². The second-order valence-corrected chi connectivity index (χ2v) is 1.46. The minimum absolute atomic E-state index is 0. The molecule has 0 aliphatic rings. The summed E-state index contributed by atoms with van der Waals surface area (Å²) in [6.45, 7) is 2.08. The van der Waals surface area contributed by atoms with Gasteiger partial charge in [-0.15, -0.1) is 0 Å². The van der Waals surface area contributed by atoms with E-state index in [4.69, 9.17) is 0 Å². The van der Waals surface area contributed by atoms with Crippen molar-refractivity contribution >= 4 is 0 Å². The topological polar surface area (TPSA) is 0 Å². The molecule has 0 fully saturated rings. The zero-order valence-corrected chi connectivity index (χ0v) is 6.93. The van der Waals surface area contributed by atoms with Gasteiger partial charge in [-0.2, -0.15) is 17.7 Å². The van der Waals surface area contributed by atoms with Crippen molar-refractivity contribution in [2.45, 2.75) is 6.92 Å². The number of hydrogen-bond donors (Lipinski definition) is 0. The molecule has 0 aliphatic carbocycles. The average Bonchev–Trinajstić information content (AvgIpc) is 1.86. The molecular weight excluding hydrogens is 182 g/mol. The molecule has 0 heterocycles. The first kappa shape index (κ1) is 11.2. The maximum absolute atomic E-state index is 2.08. The summed E-state index contributed by atoms with van der Waals surface area (Å²) >= 11 is 0. The Morgan fingerprint density at radius 2 is 1.38 bits per heavy atom. The van der Waals surface area contributed by atoms with Crippen LogP contribution in [0.1, 0.15) is 5.56 Å². The van der Waals surface area contributed by atoms with E-state index >= 15 is 0 Å². The molecule has 0 spiro atoms. The van der Waals surface area contributed by atoms with E-state index in [2.05, 4.69) is 19.1 Å². The summed E-state index contributed by atoms with van der Waals surface area (Å²) in [4.78, 5) is 0. The summed E-state index contributed by atoms with van der Waals surface area (Å²) in [5, 5.41) is 0. The largest absolute Gasteiger partial charge is 0.213 e. The summed E-state index contributed by atoms with van der Waals surface area (Å²) in [6, 6.07) is 8.24. The molecule has 46 valence electrons. The predicted molar refractivity (Wildman–Crippen MR) is 26.8 cm³/mol. The van der Waals surface area contributed by atoms with Gasteiger partial charge >= 0.3 is 0 Å². The smallest absolute Gasteiger partial charge is 0 e. The zero-order chi connectivity index (χ0) is 4.41. The third-order valence-corrected chi connectivity index (χ3v) is 0.829. The van der Waals surface area contributed by atoms with Gasteiger partial charge in [0.25, 0.3) is 0 Å². The van der Waals surface area contributed by atoms with E-state index in [1.807, 2.05) is 12.1 Å². The van der Waals surface area contributed by atoms with Gasteiger partial charge in [0.2, 0.25) is 0 Å². The molecule has 0 aromatic heterocycles. The summed E-state index contributed by atoms with van der Waals surface area (Å²) in [5.74, 6) is 0. The van der Waals surface area contributed by atoms with Crippen LogP contribution >= 0.6 is 0 Å². The van der Waals surface area contributed by atoms with Crippen LogP contribution in [0.3, 0.4) is 0 Å². The fourth-order valence-electron chi connectivity index (χ4n) is 0.470. The van der Waals surface area contributed by atoms with Crippen molar-refractivity contribution in [2.24, 2.45) is 0 Å². The molecule has 0 unspecified atom stereocenters. The maximum Gasteiger partial charge on any atom is 0 e. The quantitative estimate of drug-likeness (QED) is 0.430. The maximum atomic E-state index is 2.08. The fraction of sp³-hybridized carbons (Fsp3) is 0.167. The molecule has 1 aromatic carbocycles. The molecule has 0 saturated heterocycles. The van der Waals surface area contributed by atoms with Crippen LogP contribution in [-0.4, -0.2) is 0 Å². The molecule has 0 bridgehead atoms. The minimum Gasteiger partial charge on any atom is -0.213 e. The van der Waals surface area contributed by atoms with Gasteiger partial charge in [-0.05, 0) is 0 Å². The van der Waals surface area contributed by atoms with Gasteiger partial charge in [-0.25, -0.2) is 12.1 Å². The Morgan fingerprint density at radius 3 is 1.50 bits per heavy atom. The van der Waals surface area contributed by atoms with Crippen LogP contribution in [0, 0.1) is 6.92 Å². The van der Waals surface area contributed by atoms with E-state index in [1.54, 1.807) is 0 Å². The van der Waals surface area contributed by atoms with Crippen LogP contribution in [0.15, 0.2) is 24.3 Å². The van der Waals surface area contributed by atoms with Crippen LogP contribution in [0.5, 0.6) is 0 Å². The fourth-order valence-corrected chi connectivity index (χ4v) is 0.470. The van der Waals surface area contributed by atoms with Gasteiger partial charge in [0, 0.05) is 34.1 Å². The van der Waals surface area contributed by atoms with Crippen molar-refractivity contribution in [2.75, 3.05) is 0 Å². The van der Waals surface area contributed by atoms with Crippen LogP contribution in [-0.2, 0) is 34.1 Å². The van der Waals surface area contributed by atoms with E-state index in [0.29, 0.717) is 0 Å². The molecule has 1 aromatic rings. The van der Waals surface area contributed by atoms with Crippen LogP contribution < -0.4 is 0 Å². The summed E-state index contributed by atoms with van der Waals surface area (Å²) < 4.78 is 0. The predicted octanol–water partition coefficient (Wildman–Crippen LogP) is 1.71. The normalized spacial score (nSPS) is 6.62. The molecule has 0 amide bonds. The first-order valence-corrected chi connectivity index (χ1v) is 2.08. The average molecular weight is 189 g/mol.